The summed E-state index contributed by atoms with van der Waals surface area (Å²) in [5.74, 6) is 0. The van der Waals surface area contributed by atoms with E-state index in [1.807, 2.05) is 0 Å². The van der Waals surface area contributed by atoms with Crippen LogP contribution >= 0.6 is 0 Å². The van der Waals surface area contributed by atoms with E-state index in [1.165, 1.54) is 6.33 Å². The summed E-state index contributed by atoms with van der Waals surface area (Å²) in [6.45, 7) is 0. The molecular formula is C5H7BN4O3. The summed E-state index contributed by atoms with van der Waals surface area (Å²) in [6, 6.07) is 0. The van der Waals surface area contributed by atoms with Gasteiger partial charge in [0.15, 0.2) is 5.65 Å². The van der Waals surface area contributed by atoms with Gasteiger partial charge in [-0.25, -0.2) is 15.0 Å². The number of hydrogen-bond donors (Lipinski definition) is 4. The molecule has 68 valence electrons. The van der Waals surface area contributed by atoms with E-state index in [-0.39, 0.29) is 0 Å². The van der Waals surface area contributed by atoms with Crippen LogP contribution in [0.5, 0.6) is 0 Å². The Morgan fingerprint density at radius 2 is 1.92 bits per heavy atom. The normalized spacial score (nSPS) is 9.15. The molecule has 0 aromatic carbocycles. The van der Waals surface area contributed by atoms with Crippen molar-refractivity contribution >= 4 is 18.5 Å². The predicted octanol–water partition coefficient (Wildman–Crippen LogP) is -1.70. The number of aromatic nitrogens is 4. The topological polar surface area (TPSA) is 115 Å². The molecule has 0 bridgehead atoms. The fourth-order valence-corrected chi connectivity index (χ4v) is 0.691. The lowest BCUT2D eigenvalue weighted by molar-refractivity contribution is 0.278. The van der Waals surface area contributed by atoms with Crippen molar-refractivity contribution in [1.29, 1.82) is 0 Å². The number of fused-ring (bicyclic) bond motifs is 1. The second-order valence-corrected chi connectivity index (χ2v) is 2.01. The molecule has 0 spiro atoms. The molecule has 7 nitrogen and oxygen atoms in total. The predicted molar refractivity (Wildman–Crippen MR) is 44.1 cm³/mol. The van der Waals surface area contributed by atoms with Gasteiger partial charge in [-0.3, -0.25) is 0 Å². The smallest absolute Gasteiger partial charge is 0.402 e. The summed E-state index contributed by atoms with van der Waals surface area (Å²) in [5, 5.41) is 21.5. The average molecular weight is 182 g/mol. The summed E-state index contributed by atoms with van der Waals surface area (Å²) in [6.07, 6.45) is 4.76. The van der Waals surface area contributed by atoms with E-state index < -0.39 is 7.32 Å². The molecule has 0 amide bonds. The first-order valence-electron chi connectivity index (χ1n) is 3.33. The number of H-pyrrole nitrogens is 1. The van der Waals surface area contributed by atoms with E-state index in [2.05, 4.69) is 19.9 Å². The molecular weight excluding hydrogens is 175 g/mol. The first-order chi connectivity index (χ1) is 6.20. The van der Waals surface area contributed by atoms with Gasteiger partial charge in [0.05, 0.1) is 12.5 Å². The molecule has 13 heavy (non-hydrogen) atoms. The molecule has 0 fully saturated rings. The van der Waals surface area contributed by atoms with Crippen LogP contribution in [0.4, 0.5) is 0 Å². The Morgan fingerprint density at radius 3 is 2.54 bits per heavy atom. The Labute approximate surface area is 73.3 Å². The van der Waals surface area contributed by atoms with E-state index in [0.29, 0.717) is 5.65 Å². The van der Waals surface area contributed by atoms with Gasteiger partial charge < -0.3 is 20.1 Å². The fraction of sp³-hybridized carbons (Fsp3) is 0. The molecule has 2 heterocycles. The molecule has 0 aliphatic heterocycles. The van der Waals surface area contributed by atoms with E-state index in [9.17, 15) is 0 Å². The summed E-state index contributed by atoms with van der Waals surface area (Å²) < 4.78 is 0. The third-order valence-corrected chi connectivity index (χ3v) is 1.10. The van der Waals surface area contributed by atoms with Crippen LogP contribution in [0.2, 0.25) is 0 Å². The van der Waals surface area contributed by atoms with Crippen LogP contribution in [0, 0.1) is 0 Å². The first-order valence-corrected chi connectivity index (χ1v) is 3.33. The Kier molecular flexibility index (Phi) is 3.32. The summed E-state index contributed by atoms with van der Waals surface area (Å²) in [5.41, 5.74) is 1.59. The monoisotopic (exact) mass is 182 g/mol. The van der Waals surface area contributed by atoms with Gasteiger partial charge in [0, 0.05) is 0 Å². The van der Waals surface area contributed by atoms with Crippen molar-refractivity contribution in [3.63, 3.8) is 0 Å². The van der Waals surface area contributed by atoms with Crippen LogP contribution in [0.1, 0.15) is 0 Å². The maximum atomic E-state index is 7.17. The highest BCUT2D eigenvalue weighted by molar-refractivity contribution is 6.30. The van der Waals surface area contributed by atoms with Crippen molar-refractivity contribution in [2.45, 2.75) is 0 Å². The molecule has 2 aromatic rings. The molecule has 0 saturated carbocycles. The zero-order valence-corrected chi connectivity index (χ0v) is 6.49. The average Bonchev–Trinajstić information content (AvgIpc) is 2.49. The van der Waals surface area contributed by atoms with Crippen LogP contribution in [0.25, 0.3) is 11.2 Å². The van der Waals surface area contributed by atoms with Gasteiger partial charge in [-0.15, -0.1) is 0 Å². The molecule has 8 heteroatoms. The van der Waals surface area contributed by atoms with Crippen molar-refractivity contribution < 1.29 is 15.1 Å². The Balaban J connectivity index is 0.000000184. The third-order valence-electron chi connectivity index (χ3n) is 1.10. The molecule has 0 atom stereocenters. The van der Waals surface area contributed by atoms with E-state index in [4.69, 9.17) is 15.1 Å². The third kappa shape index (κ3) is 3.15. The highest BCUT2D eigenvalue weighted by Gasteiger charge is 1.92. The lowest BCUT2D eigenvalue weighted by Gasteiger charge is -1.80. The second kappa shape index (κ2) is 4.50. The zero-order chi connectivity index (χ0) is 9.68. The zero-order valence-electron chi connectivity index (χ0n) is 6.49. The summed E-state index contributed by atoms with van der Waals surface area (Å²) in [7, 11) is -2.17. The lowest BCUT2D eigenvalue weighted by Crippen LogP contribution is -2.07. The standard InChI is InChI=1S/C5H4N4.BH3O3/c1-4-5(8-2-6-1)9-3-7-4;2-1(3)4/h1-3H,(H,6,7,8,9);2-4H. The second-order valence-electron chi connectivity index (χ2n) is 2.01. The quantitative estimate of drug-likeness (QED) is 0.361. The highest BCUT2D eigenvalue weighted by atomic mass is 16.5. The number of imidazole rings is 1. The van der Waals surface area contributed by atoms with Crippen LogP contribution in [0.15, 0.2) is 18.9 Å². The van der Waals surface area contributed by atoms with Gasteiger partial charge in [0.2, 0.25) is 0 Å². The van der Waals surface area contributed by atoms with Crippen LogP contribution < -0.4 is 0 Å². The Bertz CT molecular complexity index is 332. The molecule has 0 aliphatic rings. The van der Waals surface area contributed by atoms with Gasteiger partial charge in [-0.1, -0.05) is 0 Å². The van der Waals surface area contributed by atoms with E-state index >= 15 is 0 Å². The van der Waals surface area contributed by atoms with Crippen LogP contribution in [-0.4, -0.2) is 42.3 Å². The molecule has 0 radical (unpaired) electrons. The SMILES string of the molecule is OB(O)O.c1ncc2[nH]cnc2n1. The fourth-order valence-electron chi connectivity index (χ4n) is 0.691. The maximum Gasteiger partial charge on any atom is 0.631 e. The van der Waals surface area contributed by atoms with Gasteiger partial charge in [0.1, 0.15) is 11.8 Å². The molecule has 0 unspecified atom stereocenters. The minimum absolute atomic E-state index is 0.713. The van der Waals surface area contributed by atoms with Crippen molar-refractivity contribution in [2.75, 3.05) is 0 Å². The van der Waals surface area contributed by atoms with Crippen molar-refractivity contribution in [2.24, 2.45) is 0 Å². The maximum absolute atomic E-state index is 7.17. The highest BCUT2D eigenvalue weighted by Crippen LogP contribution is 1.99. The minimum Gasteiger partial charge on any atom is -0.402 e. The molecule has 0 saturated heterocycles. The number of nitrogens with zero attached hydrogens (tertiary/aromatic N) is 3. The molecule has 4 N–H and O–H groups in total. The van der Waals surface area contributed by atoms with Crippen molar-refractivity contribution in [3.05, 3.63) is 18.9 Å². The molecule has 2 rings (SSSR count). The van der Waals surface area contributed by atoms with Gasteiger partial charge in [-0.2, -0.15) is 0 Å². The molecule has 0 aliphatic carbocycles. The number of hydrogen-bond acceptors (Lipinski definition) is 6. The van der Waals surface area contributed by atoms with Crippen LogP contribution in [-0.2, 0) is 0 Å². The Morgan fingerprint density at radius 1 is 1.23 bits per heavy atom. The number of nitrogens with one attached hydrogen (secondary N) is 1. The van der Waals surface area contributed by atoms with Gasteiger partial charge >= 0.3 is 7.32 Å². The van der Waals surface area contributed by atoms with Gasteiger partial charge in [-0.05, 0) is 0 Å². The minimum atomic E-state index is -2.17. The first kappa shape index (κ1) is 9.58. The lowest BCUT2D eigenvalue weighted by atomic mass is 10.3. The van der Waals surface area contributed by atoms with Gasteiger partial charge in [0.25, 0.3) is 0 Å². The molecule has 2 aromatic heterocycles. The Hall–Kier alpha value is -1.51. The van der Waals surface area contributed by atoms with Crippen molar-refractivity contribution in [1.82, 2.24) is 19.9 Å². The van der Waals surface area contributed by atoms with Crippen LogP contribution in [0.3, 0.4) is 0 Å². The summed E-state index contributed by atoms with van der Waals surface area (Å²) >= 11 is 0. The largest absolute Gasteiger partial charge is 0.631 e. The van der Waals surface area contributed by atoms with E-state index in [1.54, 1.807) is 12.5 Å². The summed E-state index contributed by atoms with van der Waals surface area (Å²) in [4.78, 5) is 14.5. The van der Waals surface area contributed by atoms with E-state index in [0.717, 1.165) is 5.52 Å². The van der Waals surface area contributed by atoms with Crippen molar-refractivity contribution in [3.8, 4) is 0 Å². The number of aromatic amines is 1. The number of rotatable bonds is 0.